The molecule has 0 aliphatic carbocycles. The second kappa shape index (κ2) is 33.5. The molecule has 0 aliphatic rings. The Balaban J connectivity index is 3.32. The maximum Gasteiger partial charge on any atom is 0.333 e. The minimum Gasteiger partial charge on any atom is -0.462 e. The lowest BCUT2D eigenvalue weighted by molar-refractivity contribution is -0.159. The summed E-state index contributed by atoms with van der Waals surface area (Å²) in [5.74, 6) is -1.31. The topological polar surface area (TPSA) is 96.0 Å². The molecule has 0 amide bonds. The Morgan fingerprint density at radius 3 is 0.809 bits per heavy atom. The van der Waals surface area contributed by atoms with Gasteiger partial charge in [-0.25, -0.2) is 9.59 Å². The van der Waals surface area contributed by atoms with Gasteiger partial charge < -0.3 is 14.2 Å². The van der Waals surface area contributed by atoms with E-state index in [9.17, 15) is 19.2 Å². The van der Waals surface area contributed by atoms with Crippen molar-refractivity contribution in [2.24, 2.45) is 0 Å². The third-order valence-corrected chi connectivity index (χ3v) is 8.44. The molecule has 0 rings (SSSR count). The van der Waals surface area contributed by atoms with Gasteiger partial charge in [-0.2, -0.15) is 0 Å². The van der Waals surface area contributed by atoms with Gasteiger partial charge in [0.25, 0.3) is 0 Å². The zero-order valence-electron chi connectivity index (χ0n) is 30.5. The minimum absolute atomic E-state index is 0.289. The standard InChI is InChI=1S/C40H70O7/c1-35(2)39(43)45-33-29-25-21-17-13-9-5-7-11-15-19-23-27-31-37(41)47-38(42)32-28-24-20-16-12-8-6-10-14-18-22-26-30-34-46-40(44)36(3)4/h1,3,5-34H2,2,4H3. The van der Waals surface area contributed by atoms with Crippen LogP contribution in [0.4, 0.5) is 0 Å². The number of rotatable bonds is 34. The zero-order valence-corrected chi connectivity index (χ0v) is 30.5. The number of hydrogen-bond donors (Lipinski definition) is 0. The highest BCUT2D eigenvalue weighted by Crippen LogP contribution is 2.15. The Morgan fingerprint density at radius 1 is 0.362 bits per heavy atom. The largest absolute Gasteiger partial charge is 0.462 e. The van der Waals surface area contributed by atoms with Crippen LogP contribution in [0.1, 0.15) is 194 Å². The van der Waals surface area contributed by atoms with Crippen LogP contribution in [-0.4, -0.2) is 37.1 Å². The molecule has 0 aliphatic heterocycles. The van der Waals surface area contributed by atoms with E-state index < -0.39 is 0 Å². The molecule has 0 bridgehead atoms. The molecule has 272 valence electrons. The first-order valence-electron chi connectivity index (χ1n) is 19.1. The van der Waals surface area contributed by atoms with E-state index in [1.54, 1.807) is 13.8 Å². The van der Waals surface area contributed by atoms with Gasteiger partial charge in [0, 0.05) is 24.0 Å². The third kappa shape index (κ3) is 33.3. The molecule has 0 saturated carbocycles. The van der Waals surface area contributed by atoms with E-state index >= 15 is 0 Å². The molecule has 0 fully saturated rings. The number of ether oxygens (including phenoxy) is 3. The smallest absolute Gasteiger partial charge is 0.333 e. The van der Waals surface area contributed by atoms with E-state index in [4.69, 9.17) is 14.2 Å². The van der Waals surface area contributed by atoms with Crippen LogP contribution in [0.3, 0.4) is 0 Å². The van der Waals surface area contributed by atoms with Crippen molar-refractivity contribution >= 4 is 23.9 Å². The van der Waals surface area contributed by atoms with Crippen LogP contribution in [0.25, 0.3) is 0 Å². The predicted molar refractivity (Wildman–Crippen MR) is 192 cm³/mol. The van der Waals surface area contributed by atoms with Gasteiger partial charge in [0.2, 0.25) is 0 Å². The minimum atomic E-state index is -0.369. The molecular formula is C40H70O7. The molecular weight excluding hydrogens is 592 g/mol. The van der Waals surface area contributed by atoms with Crippen LogP contribution >= 0.6 is 0 Å². The SMILES string of the molecule is C=C(C)C(=O)OCCCCCCCCCCCCCCCC(=O)OC(=O)CCCCCCCCCCCCCCCOC(=O)C(=C)C. The second-order valence-corrected chi connectivity index (χ2v) is 13.4. The normalized spacial score (nSPS) is 10.9. The van der Waals surface area contributed by atoms with Crippen molar-refractivity contribution in [3.63, 3.8) is 0 Å². The lowest BCUT2D eigenvalue weighted by atomic mass is 10.0. The van der Waals surface area contributed by atoms with E-state index in [1.165, 1.54) is 103 Å². The summed E-state index contributed by atoms with van der Waals surface area (Å²) < 4.78 is 15.2. The quantitative estimate of drug-likeness (QED) is 0.0222. The van der Waals surface area contributed by atoms with Crippen LogP contribution in [0, 0.1) is 0 Å². The van der Waals surface area contributed by atoms with Crippen molar-refractivity contribution in [1.29, 1.82) is 0 Å². The first-order valence-corrected chi connectivity index (χ1v) is 19.1. The fourth-order valence-electron chi connectivity index (χ4n) is 5.44. The van der Waals surface area contributed by atoms with E-state index in [1.807, 2.05) is 0 Å². The summed E-state index contributed by atoms with van der Waals surface area (Å²) >= 11 is 0. The Bertz CT molecular complexity index is 780. The van der Waals surface area contributed by atoms with E-state index in [-0.39, 0.29) is 23.9 Å². The Kier molecular flexibility index (Phi) is 31.7. The molecule has 47 heavy (non-hydrogen) atoms. The van der Waals surface area contributed by atoms with Crippen LogP contribution in [0.15, 0.2) is 24.3 Å². The second-order valence-electron chi connectivity index (χ2n) is 13.4. The van der Waals surface area contributed by atoms with E-state index in [0.717, 1.165) is 64.2 Å². The van der Waals surface area contributed by atoms with Crippen LogP contribution in [0.5, 0.6) is 0 Å². The first-order chi connectivity index (χ1) is 22.7. The van der Waals surface area contributed by atoms with Crippen molar-refractivity contribution in [3.8, 4) is 0 Å². The van der Waals surface area contributed by atoms with Crippen LogP contribution in [-0.2, 0) is 33.4 Å². The lowest BCUT2D eigenvalue weighted by Crippen LogP contribution is -2.11. The third-order valence-electron chi connectivity index (χ3n) is 8.44. The number of hydrogen-bond acceptors (Lipinski definition) is 7. The van der Waals surface area contributed by atoms with Crippen molar-refractivity contribution in [2.45, 2.75) is 194 Å². The maximum atomic E-state index is 12.0. The molecule has 0 spiro atoms. The number of esters is 4. The molecule has 0 aromatic rings. The summed E-state index contributed by atoms with van der Waals surface area (Å²) in [5, 5.41) is 0. The fourth-order valence-corrected chi connectivity index (χ4v) is 5.44. The number of carbonyl (C=O) groups is 4. The molecule has 0 unspecified atom stereocenters. The molecule has 0 saturated heterocycles. The van der Waals surface area contributed by atoms with Crippen molar-refractivity contribution in [2.75, 3.05) is 13.2 Å². The van der Waals surface area contributed by atoms with Gasteiger partial charge in [0.05, 0.1) is 13.2 Å². The van der Waals surface area contributed by atoms with E-state index in [0.29, 0.717) is 37.2 Å². The van der Waals surface area contributed by atoms with E-state index in [2.05, 4.69) is 13.2 Å². The summed E-state index contributed by atoms with van der Waals surface area (Å²) in [6.07, 6.45) is 30.7. The van der Waals surface area contributed by atoms with Gasteiger partial charge in [0.15, 0.2) is 0 Å². The van der Waals surface area contributed by atoms with Gasteiger partial charge in [-0.3, -0.25) is 9.59 Å². The number of unbranched alkanes of at least 4 members (excludes halogenated alkanes) is 24. The molecule has 0 heterocycles. The Hall–Kier alpha value is -2.44. The molecule has 0 radical (unpaired) electrons. The molecule has 0 atom stereocenters. The van der Waals surface area contributed by atoms with Crippen molar-refractivity contribution in [3.05, 3.63) is 24.3 Å². The first kappa shape index (κ1) is 44.6. The average Bonchev–Trinajstić information content (AvgIpc) is 3.03. The Morgan fingerprint density at radius 2 is 0.574 bits per heavy atom. The maximum absolute atomic E-state index is 12.0. The highest BCUT2D eigenvalue weighted by molar-refractivity contribution is 5.87. The molecule has 7 nitrogen and oxygen atoms in total. The van der Waals surface area contributed by atoms with Gasteiger partial charge in [-0.05, 0) is 39.5 Å². The predicted octanol–water partition coefficient (Wildman–Crippen LogP) is 11.2. The van der Waals surface area contributed by atoms with Gasteiger partial charge in [0.1, 0.15) is 0 Å². The molecule has 0 aromatic carbocycles. The molecule has 7 heteroatoms. The molecule has 0 N–H and O–H groups in total. The summed E-state index contributed by atoms with van der Waals surface area (Å²) in [5.41, 5.74) is 0.921. The highest BCUT2D eigenvalue weighted by Gasteiger charge is 2.10. The summed E-state index contributed by atoms with van der Waals surface area (Å²) in [6.45, 7) is 11.5. The monoisotopic (exact) mass is 663 g/mol. The van der Waals surface area contributed by atoms with Crippen molar-refractivity contribution in [1.82, 2.24) is 0 Å². The number of carbonyl (C=O) groups excluding carboxylic acids is 4. The highest BCUT2D eigenvalue weighted by atomic mass is 16.6. The van der Waals surface area contributed by atoms with Gasteiger partial charge in [-0.1, -0.05) is 154 Å². The summed E-state index contributed by atoms with van der Waals surface area (Å²) in [7, 11) is 0. The summed E-state index contributed by atoms with van der Waals surface area (Å²) in [4.78, 5) is 46.5. The Labute approximate surface area is 288 Å². The van der Waals surface area contributed by atoms with Crippen LogP contribution in [0.2, 0.25) is 0 Å². The average molecular weight is 663 g/mol. The summed E-state index contributed by atoms with van der Waals surface area (Å²) in [6, 6.07) is 0. The lowest BCUT2D eigenvalue weighted by Gasteiger charge is -2.05. The zero-order chi connectivity index (χ0) is 34.8. The van der Waals surface area contributed by atoms with Gasteiger partial charge >= 0.3 is 23.9 Å². The molecule has 0 aromatic heterocycles. The fraction of sp³-hybridized carbons (Fsp3) is 0.800. The van der Waals surface area contributed by atoms with Crippen LogP contribution < -0.4 is 0 Å². The van der Waals surface area contributed by atoms with Crippen molar-refractivity contribution < 1.29 is 33.4 Å². The van der Waals surface area contributed by atoms with Gasteiger partial charge in [-0.15, -0.1) is 0 Å².